The van der Waals surface area contributed by atoms with Gasteiger partial charge in [0.05, 0.1) is 0 Å². The first-order valence-electron chi connectivity index (χ1n) is 6.53. The largest absolute Gasteiger partial charge is 0.289 e. The second-order valence-electron chi connectivity index (χ2n) is 5.34. The molecule has 96 valence electrons. The first kappa shape index (κ1) is 12.4. The Balaban J connectivity index is 2.43. The van der Waals surface area contributed by atoms with Gasteiger partial charge < -0.3 is 0 Å². The number of rotatable bonds is 1. The minimum Gasteiger partial charge on any atom is -0.289 e. The molecule has 0 spiro atoms. The molecule has 0 aliphatic carbocycles. The summed E-state index contributed by atoms with van der Waals surface area (Å²) in [7, 11) is 0. The van der Waals surface area contributed by atoms with E-state index in [-0.39, 0.29) is 5.43 Å². The smallest absolute Gasteiger partial charge is 0.195 e. The third-order valence-corrected chi connectivity index (χ3v) is 4.65. The van der Waals surface area contributed by atoms with Crippen LogP contribution in [0.1, 0.15) is 30.9 Å². The average Bonchev–Trinajstić information content (AvgIpc) is 2.39. The molecular weight excluding hydrogens is 252 g/mol. The molecule has 0 unspecified atom stereocenters. The van der Waals surface area contributed by atoms with Gasteiger partial charge in [-0.2, -0.15) is 0 Å². The zero-order valence-electron chi connectivity index (χ0n) is 11.4. The molecule has 3 rings (SSSR count). The first-order chi connectivity index (χ1) is 9.06. The molecule has 0 radical (unpaired) electrons. The van der Waals surface area contributed by atoms with Crippen LogP contribution in [0.4, 0.5) is 0 Å². The lowest BCUT2D eigenvalue weighted by Gasteiger charge is -2.07. The van der Waals surface area contributed by atoms with Gasteiger partial charge in [-0.25, -0.2) is 0 Å². The van der Waals surface area contributed by atoms with Gasteiger partial charge in [-0.15, -0.1) is 11.3 Å². The van der Waals surface area contributed by atoms with Crippen LogP contribution in [0, 0.1) is 6.92 Å². The molecule has 0 atom stereocenters. The number of aryl methyl sites for hydroxylation is 1. The second kappa shape index (κ2) is 4.46. The fraction of sp³-hybridized carbons (Fsp3) is 0.235. The fourth-order valence-electron chi connectivity index (χ4n) is 2.34. The van der Waals surface area contributed by atoms with Crippen LogP contribution >= 0.6 is 11.3 Å². The van der Waals surface area contributed by atoms with E-state index < -0.39 is 0 Å². The summed E-state index contributed by atoms with van der Waals surface area (Å²) < 4.78 is 2.16. The Labute approximate surface area is 116 Å². The van der Waals surface area contributed by atoms with Crippen LogP contribution in [0.2, 0.25) is 0 Å². The molecule has 2 heteroatoms. The van der Waals surface area contributed by atoms with Gasteiger partial charge >= 0.3 is 0 Å². The summed E-state index contributed by atoms with van der Waals surface area (Å²) in [6, 6.07) is 12.3. The van der Waals surface area contributed by atoms with Crippen molar-refractivity contribution in [3.63, 3.8) is 0 Å². The van der Waals surface area contributed by atoms with Gasteiger partial charge in [0.1, 0.15) is 0 Å². The zero-order valence-corrected chi connectivity index (χ0v) is 12.2. The van der Waals surface area contributed by atoms with Crippen molar-refractivity contribution >= 4 is 31.5 Å². The molecule has 0 saturated heterocycles. The Morgan fingerprint density at radius 3 is 2.47 bits per heavy atom. The van der Waals surface area contributed by atoms with E-state index >= 15 is 0 Å². The van der Waals surface area contributed by atoms with E-state index in [1.807, 2.05) is 19.1 Å². The van der Waals surface area contributed by atoms with Crippen LogP contribution in [0.3, 0.4) is 0 Å². The molecular formula is C17H16OS. The average molecular weight is 268 g/mol. The summed E-state index contributed by atoms with van der Waals surface area (Å²) in [6.07, 6.45) is 0. The minimum atomic E-state index is 0.155. The molecule has 0 aliphatic heterocycles. The van der Waals surface area contributed by atoms with Crippen LogP contribution in [-0.2, 0) is 0 Å². The number of benzene rings is 2. The van der Waals surface area contributed by atoms with E-state index in [1.54, 1.807) is 11.3 Å². The van der Waals surface area contributed by atoms with E-state index in [0.717, 1.165) is 25.7 Å². The maximum atomic E-state index is 12.5. The van der Waals surface area contributed by atoms with Gasteiger partial charge in [0.2, 0.25) is 0 Å². The fourth-order valence-corrected chi connectivity index (χ4v) is 3.44. The highest BCUT2D eigenvalue weighted by atomic mass is 32.1. The summed E-state index contributed by atoms with van der Waals surface area (Å²) in [5.74, 6) is 0.486. The maximum absolute atomic E-state index is 12.5. The Hall–Kier alpha value is -1.67. The molecule has 1 nitrogen and oxygen atoms in total. The van der Waals surface area contributed by atoms with Crippen molar-refractivity contribution in [3.05, 3.63) is 57.7 Å². The minimum absolute atomic E-state index is 0.155. The van der Waals surface area contributed by atoms with Crippen molar-refractivity contribution in [1.29, 1.82) is 0 Å². The van der Waals surface area contributed by atoms with E-state index in [4.69, 9.17) is 0 Å². The summed E-state index contributed by atoms with van der Waals surface area (Å²) in [6.45, 7) is 6.37. The zero-order chi connectivity index (χ0) is 13.6. The lowest BCUT2D eigenvalue weighted by atomic mass is 10.0. The molecule has 0 bridgehead atoms. The normalized spacial score (nSPS) is 11.6. The van der Waals surface area contributed by atoms with Crippen molar-refractivity contribution in [2.24, 2.45) is 0 Å². The SMILES string of the molecule is Cc1ccc2sc3cc(C(C)C)ccc3c(=O)c2c1. The molecule has 2 aromatic carbocycles. The lowest BCUT2D eigenvalue weighted by Crippen LogP contribution is -2.01. The highest BCUT2D eigenvalue weighted by molar-refractivity contribution is 7.24. The van der Waals surface area contributed by atoms with Crippen molar-refractivity contribution < 1.29 is 0 Å². The maximum Gasteiger partial charge on any atom is 0.195 e. The highest BCUT2D eigenvalue weighted by Crippen LogP contribution is 2.27. The van der Waals surface area contributed by atoms with Gasteiger partial charge in [0.15, 0.2) is 5.43 Å². The van der Waals surface area contributed by atoms with E-state index in [0.29, 0.717) is 5.92 Å². The molecule has 0 amide bonds. The number of fused-ring (bicyclic) bond motifs is 2. The third-order valence-electron chi connectivity index (χ3n) is 3.52. The summed E-state index contributed by atoms with van der Waals surface area (Å²) >= 11 is 1.71. The van der Waals surface area contributed by atoms with Gasteiger partial charge in [0.25, 0.3) is 0 Å². The predicted molar refractivity (Wildman–Crippen MR) is 84.4 cm³/mol. The first-order valence-corrected chi connectivity index (χ1v) is 7.35. The van der Waals surface area contributed by atoms with Crippen LogP contribution in [0.15, 0.2) is 41.2 Å². The molecule has 19 heavy (non-hydrogen) atoms. The van der Waals surface area contributed by atoms with Crippen molar-refractivity contribution in [3.8, 4) is 0 Å². The van der Waals surface area contributed by atoms with E-state index in [1.165, 1.54) is 5.56 Å². The lowest BCUT2D eigenvalue weighted by molar-refractivity contribution is 0.869. The van der Waals surface area contributed by atoms with Gasteiger partial charge in [0, 0.05) is 20.2 Å². The van der Waals surface area contributed by atoms with Crippen molar-refractivity contribution in [1.82, 2.24) is 0 Å². The summed E-state index contributed by atoms with van der Waals surface area (Å²) in [4.78, 5) is 12.5. The van der Waals surface area contributed by atoms with Crippen LogP contribution in [-0.4, -0.2) is 0 Å². The standard InChI is InChI=1S/C17H16OS/c1-10(2)12-5-6-13-16(9-12)19-15-7-4-11(3)8-14(15)17(13)18/h4-10H,1-3H3. The summed E-state index contributed by atoms with van der Waals surface area (Å²) in [5.41, 5.74) is 2.58. The number of hydrogen-bond donors (Lipinski definition) is 0. The molecule has 0 aliphatic rings. The Morgan fingerprint density at radius 1 is 0.947 bits per heavy atom. The molecule has 1 aromatic heterocycles. The summed E-state index contributed by atoms with van der Waals surface area (Å²) in [5, 5.41) is 1.68. The van der Waals surface area contributed by atoms with Gasteiger partial charge in [-0.05, 0) is 42.7 Å². The highest BCUT2D eigenvalue weighted by Gasteiger charge is 2.08. The van der Waals surface area contributed by atoms with Crippen LogP contribution in [0.25, 0.3) is 20.2 Å². The predicted octanol–water partition coefficient (Wildman–Crippen LogP) is 4.85. The Morgan fingerprint density at radius 2 is 1.74 bits per heavy atom. The van der Waals surface area contributed by atoms with Crippen molar-refractivity contribution in [2.75, 3.05) is 0 Å². The van der Waals surface area contributed by atoms with Crippen LogP contribution < -0.4 is 5.43 Å². The van der Waals surface area contributed by atoms with E-state index in [9.17, 15) is 4.79 Å². The topological polar surface area (TPSA) is 17.1 Å². The second-order valence-corrected chi connectivity index (χ2v) is 6.42. The monoisotopic (exact) mass is 268 g/mol. The number of hydrogen-bond acceptors (Lipinski definition) is 2. The molecule has 0 saturated carbocycles. The van der Waals surface area contributed by atoms with Crippen LogP contribution in [0.5, 0.6) is 0 Å². The third kappa shape index (κ3) is 2.06. The van der Waals surface area contributed by atoms with E-state index in [2.05, 4.69) is 38.1 Å². The Kier molecular flexibility index (Phi) is 2.90. The molecule has 3 aromatic rings. The van der Waals surface area contributed by atoms with Gasteiger partial charge in [-0.1, -0.05) is 31.5 Å². The Bertz CT molecular complexity index is 828. The molecule has 0 fully saturated rings. The van der Waals surface area contributed by atoms with Gasteiger partial charge in [-0.3, -0.25) is 4.79 Å². The quantitative estimate of drug-likeness (QED) is 0.577. The molecule has 1 heterocycles. The van der Waals surface area contributed by atoms with Crippen molar-refractivity contribution in [2.45, 2.75) is 26.7 Å². The molecule has 0 N–H and O–H groups in total.